The van der Waals surface area contributed by atoms with E-state index < -0.39 is 41.3 Å². The van der Waals surface area contributed by atoms with Crippen molar-refractivity contribution in [1.82, 2.24) is 5.01 Å². The lowest BCUT2D eigenvalue weighted by Crippen LogP contribution is -2.43. The van der Waals surface area contributed by atoms with Crippen LogP contribution in [-0.4, -0.2) is 46.3 Å². The number of carbonyl (C=O) groups excluding carboxylic acids is 3. The zero-order valence-electron chi connectivity index (χ0n) is 15.1. The van der Waals surface area contributed by atoms with E-state index in [2.05, 4.69) is 15.7 Å². The van der Waals surface area contributed by atoms with E-state index in [0.29, 0.717) is 10.7 Å². The van der Waals surface area contributed by atoms with Crippen LogP contribution in [0.2, 0.25) is 5.02 Å². The quantitative estimate of drug-likeness (QED) is 0.440. The van der Waals surface area contributed by atoms with Gasteiger partial charge in [0.25, 0.3) is 17.5 Å². The molecule has 2 atom stereocenters. The van der Waals surface area contributed by atoms with Crippen LogP contribution in [-0.2, 0) is 14.4 Å². The second-order valence-corrected chi connectivity index (χ2v) is 6.94. The molecule has 0 aliphatic carbocycles. The smallest absolute Gasteiger partial charge is 0.292 e. The van der Waals surface area contributed by atoms with Gasteiger partial charge in [-0.05, 0) is 30.3 Å². The van der Waals surface area contributed by atoms with Gasteiger partial charge in [0.05, 0.1) is 10.6 Å². The van der Waals surface area contributed by atoms with Gasteiger partial charge in [0.1, 0.15) is 12.2 Å². The number of carbonyl (C=O) groups is 3. The summed E-state index contributed by atoms with van der Waals surface area (Å²) in [5, 5.41) is 22.7. The number of para-hydroxylation sites is 2. The van der Waals surface area contributed by atoms with Crippen molar-refractivity contribution < 1.29 is 19.3 Å². The number of imide groups is 1. The molecule has 12 heteroatoms. The van der Waals surface area contributed by atoms with E-state index in [1.807, 2.05) is 0 Å². The number of nitro benzene ring substituents is 1. The molecule has 152 valence electrons. The fourth-order valence-electron chi connectivity index (χ4n) is 3.27. The van der Waals surface area contributed by atoms with E-state index >= 15 is 0 Å². The molecule has 2 aliphatic rings. The number of nitro groups is 1. The van der Waals surface area contributed by atoms with Crippen LogP contribution in [0.5, 0.6) is 0 Å². The third-order valence-electron chi connectivity index (χ3n) is 4.62. The van der Waals surface area contributed by atoms with Crippen molar-refractivity contribution >= 4 is 46.4 Å². The van der Waals surface area contributed by atoms with Gasteiger partial charge in [-0.2, -0.15) is 5.11 Å². The standard InChI is InChI=1S/C18H13ClN6O5/c19-10-5-7-11(8-6-10)24-17(27)15-16(18(24)28)23(22-21-15)9-14(26)20-12-3-1-2-4-13(12)25(29)30/h1-8,15-16H,9H2,(H,20,26)/t15-,16-/m1/s1. The Balaban J connectivity index is 1.50. The summed E-state index contributed by atoms with van der Waals surface area (Å²) in [6, 6.07) is 9.68. The highest BCUT2D eigenvalue weighted by molar-refractivity contribution is 6.31. The minimum absolute atomic E-state index is 0.0109. The lowest BCUT2D eigenvalue weighted by atomic mass is 10.1. The molecule has 0 radical (unpaired) electrons. The Morgan fingerprint density at radius 1 is 1.13 bits per heavy atom. The third-order valence-corrected chi connectivity index (χ3v) is 4.88. The molecular formula is C18H13ClN6O5. The highest BCUT2D eigenvalue weighted by Gasteiger charge is 2.55. The first-order chi connectivity index (χ1) is 14.4. The summed E-state index contributed by atoms with van der Waals surface area (Å²) in [7, 11) is 0. The van der Waals surface area contributed by atoms with Crippen LogP contribution in [0, 0.1) is 10.1 Å². The minimum Gasteiger partial charge on any atom is -0.319 e. The topological polar surface area (TPSA) is 138 Å². The Morgan fingerprint density at radius 3 is 2.53 bits per heavy atom. The van der Waals surface area contributed by atoms with E-state index in [0.717, 1.165) is 9.91 Å². The van der Waals surface area contributed by atoms with E-state index in [1.165, 1.54) is 36.4 Å². The maximum absolute atomic E-state index is 12.9. The van der Waals surface area contributed by atoms with Crippen molar-refractivity contribution in [2.75, 3.05) is 16.8 Å². The van der Waals surface area contributed by atoms with Crippen molar-refractivity contribution in [3.8, 4) is 0 Å². The van der Waals surface area contributed by atoms with Crippen LogP contribution in [0.1, 0.15) is 0 Å². The van der Waals surface area contributed by atoms with Gasteiger partial charge in [-0.25, -0.2) is 4.90 Å². The average Bonchev–Trinajstić information content (AvgIpc) is 3.23. The molecule has 3 amide bonds. The molecule has 11 nitrogen and oxygen atoms in total. The van der Waals surface area contributed by atoms with Crippen LogP contribution in [0.25, 0.3) is 0 Å². The van der Waals surface area contributed by atoms with Crippen LogP contribution in [0.3, 0.4) is 0 Å². The molecule has 2 aromatic rings. The lowest BCUT2D eigenvalue weighted by molar-refractivity contribution is -0.383. The second kappa shape index (κ2) is 7.52. The molecule has 1 N–H and O–H groups in total. The number of nitrogens with zero attached hydrogens (tertiary/aromatic N) is 5. The molecule has 2 heterocycles. The summed E-state index contributed by atoms with van der Waals surface area (Å²) < 4.78 is 0. The Bertz CT molecular complexity index is 1090. The number of hydrogen-bond acceptors (Lipinski definition) is 8. The largest absolute Gasteiger partial charge is 0.319 e. The van der Waals surface area contributed by atoms with Gasteiger partial charge < -0.3 is 5.32 Å². The summed E-state index contributed by atoms with van der Waals surface area (Å²) in [6.45, 7) is -0.413. The average molecular weight is 429 g/mol. The number of hydrogen-bond donors (Lipinski definition) is 1. The Labute approximate surface area is 174 Å². The summed E-state index contributed by atoms with van der Waals surface area (Å²) in [6.07, 6.45) is 0. The molecule has 1 fully saturated rings. The molecular weight excluding hydrogens is 416 g/mol. The summed E-state index contributed by atoms with van der Waals surface area (Å²) in [5.74, 6) is -1.78. The van der Waals surface area contributed by atoms with Crippen molar-refractivity contribution in [2.24, 2.45) is 10.3 Å². The molecule has 0 aromatic heterocycles. The zero-order chi connectivity index (χ0) is 21.4. The molecule has 4 rings (SSSR count). The van der Waals surface area contributed by atoms with E-state index in [-0.39, 0.29) is 11.4 Å². The molecule has 2 aliphatic heterocycles. The van der Waals surface area contributed by atoms with Crippen molar-refractivity contribution in [2.45, 2.75) is 12.1 Å². The fourth-order valence-corrected chi connectivity index (χ4v) is 3.40. The van der Waals surface area contributed by atoms with Crippen LogP contribution in [0.15, 0.2) is 58.9 Å². The van der Waals surface area contributed by atoms with Gasteiger partial charge >= 0.3 is 0 Å². The van der Waals surface area contributed by atoms with Gasteiger partial charge in [-0.1, -0.05) is 29.0 Å². The van der Waals surface area contributed by atoms with E-state index in [1.54, 1.807) is 12.1 Å². The normalized spacial score (nSPS) is 19.9. The SMILES string of the molecule is O=C(CN1N=N[C@H]2C(=O)N(c3ccc(Cl)cc3)C(=O)[C@@H]21)Nc1ccccc1[N+](=O)[O-]. The third kappa shape index (κ3) is 3.35. The number of benzene rings is 2. The van der Waals surface area contributed by atoms with Crippen LogP contribution < -0.4 is 10.2 Å². The number of halogens is 1. The van der Waals surface area contributed by atoms with Crippen molar-refractivity contribution in [3.63, 3.8) is 0 Å². The number of fused-ring (bicyclic) bond motifs is 1. The molecule has 0 saturated carbocycles. The minimum atomic E-state index is -1.07. The van der Waals surface area contributed by atoms with Crippen LogP contribution >= 0.6 is 11.6 Å². The molecule has 1 saturated heterocycles. The molecule has 0 bridgehead atoms. The lowest BCUT2D eigenvalue weighted by Gasteiger charge is -2.20. The second-order valence-electron chi connectivity index (χ2n) is 6.50. The van der Waals surface area contributed by atoms with Gasteiger partial charge in [0, 0.05) is 11.1 Å². The number of nitrogens with one attached hydrogen (secondary N) is 1. The first kappa shape index (κ1) is 19.5. The monoisotopic (exact) mass is 428 g/mol. The molecule has 2 aromatic carbocycles. The fraction of sp³-hybridized carbons (Fsp3) is 0.167. The van der Waals surface area contributed by atoms with Crippen LogP contribution in [0.4, 0.5) is 17.1 Å². The maximum Gasteiger partial charge on any atom is 0.292 e. The van der Waals surface area contributed by atoms with E-state index in [9.17, 15) is 24.5 Å². The Morgan fingerprint density at radius 2 is 1.83 bits per heavy atom. The van der Waals surface area contributed by atoms with Gasteiger partial charge in [-0.15, -0.1) is 0 Å². The van der Waals surface area contributed by atoms with Gasteiger partial charge in [0.2, 0.25) is 5.91 Å². The predicted octanol–water partition coefficient (Wildman–Crippen LogP) is 2.18. The van der Waals surface area contributed by atoms with Crippen molar-refractivity contribution in [1.29, 1.82) is 0 Å². The Kier molecular flexibility index (Phi) is 4.88. The maximum atomic E-state index is 12.9. The van der Waals surface area contributed by atoms with Gasteiger partial charge in [0.15, 0.2) is 12.1 Å². The first-order valence-electron chi connectivity index (χ1n) is 8.71. The molecule has 0 unspecified atom stereocenters. The Hall–Kier alpha value is -3.86. The van der Waals surface area contributed by atoms with E-state index in [4.69, 9.17) is 11.6 Å². The highest BCUT2D eigenvalue weighted by Crippen LogP contribution is 2.32. The first-order valence-corrected chi connectivity index (χ1v) is 9.08. The van der Waals surface area contributed by atoms with Crippen molar-refractivity contribution in [3.05, 3.63) is 63.7 Å². The highest BCUT2D eigenvalue weighted by atomic mass is 35.5. The zero-order valence-corrected chi connectivity index (χ0v) is 15.9. The predicted molar refractivity (Wildman–Crippen MR) is 105 cm³/mol. The summed E-state index contributed by atoms with van der Waals surface area (Å²) >= 11 is 5.85. The summed E-state index contributed by atoms with van der Waals surface area (Å²) in [5.41, 5.74) is 0.0768. The van der Waals surface area contributed by atoms with Gasteiger partial charge in [-0.3, -0.25) is 29.5 Å². The summed E-state index contributed by atoms with van der Waals surface area (Å²) in [4.78, 5) is 49.4. The molecule has 0 spiro atoms. The number of amides is 3. The number of rotatable bonds is 5. The molecule has 30 heavy (non-hydrogen) atoms. The number of anilines is 2.